The van der Waals surface area contributed by atoms with Crippen molar-refractivity contribution >= 4 is 0 Å². The zero-order valence-corrected chi connectivity index (χ0v) is 16.7. The monoisotopic (exact) mass is 334 g/mol. The second-order valence-electron chi connectivity index (χ2n) is 8.57. The van der Waals surface area contributed by atoms with Gasteiger partial charge in [-0.3, -0.25) is 0 Å². The van der Waals surface area contributed by atoms with E-state index in [-0.39, 0.29) is 22.3 Å². The lowest BCUT2D eigenvalue weighted by Gasteiger charge is -2.31. The van der Waals surface area contributed by atoms with E-state index in [1.54, 1.807) is 6.07 Å². The molecule has 0 saturated heterocycles. The molecule has 0 fully saturated rings. The van der Waals surface area contributed by atoms with Gasteiger partial charge in [0.1, 0.15) is 0 Å². The Bertz CT molecular complexity index is 515. The van der Waals surface area contributed by atoms with Crippen molar-refractivity contribution in [2.75, 3.05) is 0 Å². The second-order valence-corrected chi connectivity index (χ2v) is 8.57. The third-order valence-corrected chi connectivity index (χ3v) is 5.41. The van der Waals surface area contributed by atoms with Gasteiger partial charge in [-0.1, -0.05) is 86.1 Å². The lowest BCUT2D eigenvalue weighted by atomic mass is 9.74. The highest BCUT2D eigenvalue weighted by Gasteiger charge is 2.29. The van der Waals surface area contributed by atoms with Gasteiger partial charge in [0.25, 0.3) is 0 Å². The molecule has 0 aliphatic heterocycles. The molecule has 0 heterocycles. The van der Waals surface area contributed by atoms with Crippen LogP contribution in [-0.4, -0.2) is 10.2 Å². The average molecular weight is 335 g/mol. The Labute approximate surface area is 149 Å². The molecule has 0 radical (unpaired) electrons. The van der Waals surface area contributed by atoms with Gasteiger partial charge in [-0.15, -0.1) is 0 Å². The number of phenols is 2. The van der Waals surface area contributed by atoms with Crippen LogP contribution >= 0.6 is 0 Å². The zero-order chi connectivity index (χ0) is 18.4. The van der Waals surface area contributed by atoms with Crippen LogP contribution in [0.25, 0.3) is 0 Å². The molecular weight excluding hydrogens is 296 g/mol. The molecule has 1 rings (SSSR count). The number of aromatic hydroxyl groups is 2. The van der Waals surface area contributed by atoms with Crippen molar-refractivity contribution in [3.8, 4) is 11.5 Å². The van der Waals surface area contributed by atoms with Crippen LogP contribution in [0.1, 0.15) is 104 Å². The van der Waals surface area contributed by atoms with E-state index in [1.807, 2.05) is 0 Å². The van der Waals surface area contributed by atoms with Gasteiger partial charge in [0.15, 0.2) is 11.5 Å². The molecule has 0 unspecified atom stereocenters. The zero-order valence-electron chi connectivity index (χ0n) is 16.7. The highest BCUT2D eigenvalue weighted by molar-refractivity contribution is 5.52. The summed E-state index contributed by atoms with van der Waals surface area (Å²) in [6.45, 7) is 13.2. The lowest BCUT2D eigenvalue weighted by Crippen LogP contribution is -2.21. The standard InChI is InChI=1S/C22H38O2/c1-7-9-11-13-21(3,4)17-15-18(20(24)19(23)16-17)22(5,6)14-12-10-8-2/h15-16,23-24H,7-14H2,1-6H3. The average Bonchev–Trinajstić information content (AvgIpc) is 2.49. The van der Waals surface area contributed by atoms with E-state index in [0.717, 1.165) is 30.4 Å². The van der Waals surface area contributed by atoms with Crippen LogP contribution in [0.15, 0.2) is 12.1 Å². The molecule has 138 valence electrons. The minimum atomic E-state index is -0.133. The van der Waals surface area contributed by atoms with E-state index in [4.69, 9.17) is 0 Å². The first kappa shape index (κ1) is 20.9. The predicted molar refractivity (Wildman–Crippen MR) is 104 cm³/mol. The van der Waals surface area contributed by atoms with Crippen LogP contribution < -0.4 is 0 Å². The fourth-order valence-corrected chi connectivity index (χ4v) is 3.44. The van der Waals surface area contributed by atoms with Crippen LogP contribution in [-0.2, 0) is 10.8 Å². The van der Waals surface area contributed by atoms with E-state index in [1.165, 1.54) is 32.1 Å². The first-order valence-corrected chi connectivity index (χ1v) is 9.72. The molecule has 2 N–H and O–H groups in total. The fraction of sp³-hybridized carbons (Fsp3) is 0.727. The summed E-state index contributed by atoms with van der Waals surface area (Å²) in [5, 5.41) is 20.7. The maximum absolute atomic E-state index is 10.4. The summed E-state index contributed by atoms with van der Waals surface area (Å²) >= 11 is 0. The van der Waals surface area contributed by atoms with Crippen LogP contribution in [0.3, 0.4) is 0 Å². The van der Waals surface area contributed by atoms with Crippen molar-refractivity contribution < 1.29 is 10.2 Å². The molecule has 24 heavy (non-hydrogen) atoms. The summed E-state index contributed by atoms with van der Waals surface area (Å²) in [7, 11) is 0. The number of hydrogen-bond donors (Lipinski definition) is 2. The number of hydrogen-bond acceptors (Lipinski definition) is 2. The molecule has 0 aliphatic rings. The van der Waals surface area contributed by atoms with Crippen LogP contribution in [0.5, 0.6) is 11.5 Å². The number of unbranched alkanes of at least 4 members (excludes halogenated alkanes) is 4. The minimum Gasteiger partial charge on any atom is -0.504 e. The first-order chi connectivity index (χ1) is 11.2. The molecule has 0 amide bonds. The van der Waals surface area contributed by atoms with Crippen molar-refractivity contribution in [1.29, 1.82) is 0 Å². The molecule has 0 aliphatic carbocycles. The van der Waals surface area contributed by atoms with Gasteiger partial charge in [0.2, 0.25) is 0 Å². The van der Waals surface area contributed by atoms with Gasteiger partial charge >= 0.3 is 0 Å². The van der Waals surface area contributed by atoms with Crippen molar-refractivity contribution in [3.63, 3.8) is 0 Å². The highest BCUT2D eigenvalue weighted by Crippen LogP contribution is 2.43. The number of phenolic OH excluding ortho intramolecular Hbond substituents is 2. The summed E-state index contributed by atoms with van der Waals surface area (Å²) < 4.78 is 0. The van der Waals surface area contributed by atoms with E-state index in [2.05, 4.69) is 47.6 Å². The van der Waals surface area contributed by atoms with Crippen molar-refractivity contribution in [2.45, 2.75) is 104 Å². The molecule has 0 aromatic heterocycles. The van der Waals surface area contributed by atoms with E-state index >= 15 is 0 Å². The first-order valence-electron chi connectivity index (χ1n) is 9.72. The largest absolute Gasteiger partial charge is 0.504 e. The molecule has 2 nitrogen and oxygen atoms in total. The molecule has 0 bridgehead atoms. The SMILES string of the molecule is CCCCCC(C)(C)c1cc(O)c(O)c(C(C)(C)CCCCC)c1. The molecule has 0 spiro atoms. The molecule has 0 saturated carbocycles. The Morgan fingerprint density at radius 3 is 1.75 bits per heavy atom. The van der Waals surface area contributed by atoms with Crippen LogP contribution in [0.2, 0.25) is 0 Å². The Hall–Kier alpha value is -1.18. The van der Waals surface area contributed by atoms with Gasteiger partial charge in [-0.05, 0) is 35.3 Å². The Kier molecular flexibility index (Phi) is 7.63. The summed E-state index contributed by atoms with van der Waals surface area (Å²) in [5.74, 6) is 0.0826. The number of benzene rings is 1. The summed E-state index contributed by atoms with van der Waals surface area (Å²) in [6.07, 6.45) is 9.31. The van der Waals surface area contributed by atoms with Gasteiger partial charge in [0.05, 0.1) is 0 Å². The Balaban J connectivity index is 3.12. The third-order valence-electron chi connectivity index (χ3n) is 5.41. The number of rotatable bonds is 10. The van der Waals surface area contributed by atoms with E-state index < -0.39 is 0 Å². The maximum atomic E-state index is 10.4. The summed E-state index contributed by atoms with van der Waals surface area (Å²) in [5.41, 5.74) is 1.89. The predicted octanol–water partition coefficient (Wildman–Crippen LogP) is 6.81. The van der Waals surface area contributed by atoms with Crippen molar-refractivity contribution in [3.05, 3.63) is 23.3 Å². The topological polar surface area (TPSA) is 40.5 Å². The second kappa shape index (κ2) is 8.78. The maximum Gasteiger partial charge on any atom is 0.161 e. The molecule has 1 aromatic carbocycles. The van der Waals surface area contributed by atoms with E-state index in [9.17, 15) is 10.2 Å². The highest BCUT2D eigenvalue weighted by atomic mass is 16.3. The van der Waals surface area contributed by atoms with Gasteiger partial charge in [-0.2, -0.15) is 0 Å². The minimum absolute atomic E-state index is 0.00853. The van der Waals surface area contributed by atoms with Crippen LogP contribution in [0.4, 0.5) is 0 Å². The summed E-state index contributed by atoms with van der Waals surface area (Å²) in [4.78, 5) is 0. The fourth-order valence-electron chi connectivity index (χ4n) is 3.44. The Morgan fingerprint density at radius 2 is 1.25 bits per heavy atom. The van der Waals surface area contributed by atoms with Gasteiger partial charge in [0, 0.05) is 5.56 Å². The molecular formula is C22H38O2. The van der Waals surface area contributed by atoms with Gasteiger partial charge in [-0.25, -0.2) is 0 Å². The van der Waals surface area contributed by atoms with Crippen LogP contribution in [0, 0.1) is 0 Å². The quantitative estimate of drug-likeness (QED) is 0.364. The molecule has 0 atom stereocenters. The summed E-state index contributed by atoms with van der Waals surface area (Å²) in [6, 6.07) is 3.89. The van der Waals surface area contributed by atoms with Gasteiger partial charge < -0.3 is 10.2 Å². The Morgan fingerprint density at radius 1 is 0.750 bits per heavy atom. The van der Waals surface area contributed by atoms with Crippen molar-refractivity contribution in [2.24, 2.45) is 0 Å². The molecule has 2 heteroatoms. The smallest absolute Gasteiger partial charge is 0.161 e. The third kappa shape index (κ3) is 5.43. The molecule has 1 aromatic rings. The van der Waals surface area contributed by atoms with E-state index in [0.29, 0.717) is 0 Å². The lowest BCUT2D eigenvalue weighted by molar-refractivity contribution is 0.369. The van der Waals surface area contributed by atoms with Crippen molar-refractivity contribution in [1.82, 2.24) is 0 Å². The normalized spacial score (nSPS) is 12.6.